The lowest BCUT2D eigenvalue weighted by molar-refractivity contribution is -0.137. The zero-order valence-electron chi connectivity index (χ0n) is 14.5. The number of benzene rings is 2. The molecule has 3 rings (SSSR count). The second-order valence-electron chi connectivity index (χ2n) is 6.29. The van der Waals surface area contributed by atoms with E-state index in [0.717, 1.165) is 37.1 Å². The summed E-state index contributed by atoms with van der Waals surface area (Å²) in [6.45, 7) is 0.807. The van der Waals surface area contributed by atoms with Crippen LogP contribution in [0.2, 0.25) is 5.02 Å². The zero-order valence-corrected chi connectivity index (χ0v) is 16.0. The van der Waals surface area contributed by atoms with Gasteiger partial charge in [0.05, 0.1) is 10.6 Å². The molecule has 2 aromatic carbocycles. The predicted molar refractivity (Wildman–Crippen MR) is 98.8 cm³/mol. The molecule has 5 nitrogen and oxygen atoms in total. The fraction of sp³-hybridized carbons (Fsp3) is 0.278. The smallest absolute Gasteiger partial charge is 0.322 e. The van der Waals surface area contributed by atoms with Gasteiger partial charge in [-0.25, -0.2) is 8.42 Å². The first kappa shape index (κ1) is 20.6. The van der Waals surface area contributed by atoms with Crippen molar-refractivity contribution in [3.8, 4) is 0 Å². The number of hydrogen-bond donors (Lipinski definition) is 1. The molecule has 0 radical (unpaired) electrons. The van der Waals surface area contributed by atoms with Crippen molar-refractivity contribution in [1.82, 2.24) is 4.31 Å². The van der Waals surface area contributed by atoms with Crippen molar-refractivity contribution in [3.05, 3.63) is 58.6 Å². The molecule has 1 amide bonds. The van der Waals surface area contributed by atoms with E-state index in [4.69, 9.17) is 11.6 Å². The average Bonchev–Trinajstić information content (AvgIpc) is 3.18. The van der Waals surface area contributed by atoms with Gasteiger partial charge in [0.1, 0.15) is 4.90 Å². The van der Waals surface area contributed by atoms with Crippen molar-refractivity contribution in [2.45, 2.75) is 23.9 Å². The van der Waals surface area contributed by atoms with Gasteiger partial charge >= 0.3 is 6.18 Å². The summed E-state index contributed by atoms with van der Waals surface area (Å²) in [5, 5.41) is 2.51. The van der Waals surface area contributed by atoms with Crippen molar-refractivity contribution in [1.29, 1.82) is 0 Å². The Balaban J connectivity index is 1.82. The Morgan fingerprint density at radius 1 is 1.04 bits per heavy atom. The van der Waals surface area contributed by atoms with E-state index in [1.54, 1.807) is 0 Å². The van der Waals surface area contributed by atoms with E-state index in [1.165, 1.54) is 22.5 Å². The number of nitrogens with zero attached hydrogens (tertiary/aromatic N) is 1. The van der Waals surface area contributed by atoms with Crippen LogP contribution in [0.25, 0.3) is 0 Å². The lowest BCUT2D eigenvalue weighted by Crippen LogP contribution is -2.28. The third-order valence-electron chi connectivity index (χ3n) is 4.35. The zero-order chi connectivity index (χ0) is 20.5. The summed E-state index contributed by atoms with van der Waals surface area (Å²) < 4.78 is 64.6. The van der Waals surface area contributed by atoms with E-state index in [1.807, 2.05) is 0 Å². The highest BCUT2D eigenvalue weighted by molar-refractivity contribution is 7.89. The maximum Gasteiger partial charge on any atom is 0.416 e. The molecule has 1 saturated heterocycles. The van der Waals surface area contributed by atoms with Crippen LogP contribution in [-0.2, 0) is 16.2 Å². The van der Waals surface area contributed by atoms with Gasteiger partial charge in [0, 0.05) is 24.3 Å². The molecular formula is C18H16ClF3N2O3S. The summed E-state index contributed by atoms with van der Waals surface area (Å²) in [7, 11) is -3.79. The van der Waals surface area contributed by atoms with Crippen LogP contribution >= 0.6 is 11.6 Å². The summed E-state index contributed by atoms with van der Waals surface area (Å²) in [6, 6.07) is 7.74. The monoisotopic (exact) mass is 432 g/mol. The lowest BCUT2D eigenvalue weighted by Gasteiger charge is -2.17. The second kappa shape index (κ2) is 7.73. The second-order valence-corrected chi connectivity index (χ2v) is 8.60. The number of hydrogen-bond acceptors (Lipinski definition) is 3. The third kappa shape index (κ3) is 4.31. The van der Waals surface area contributed by atoms with Crippen molar-refractivity contribution in [3.63, 3.8) is 0 Å². The summed E-state index contributed by atoms with van der Waals surface area (Å²) in [5.74, 6) is -0.666. The first-order valence-corrected chi connectivity index (χ1v) is 10.2. The van der Waals surface area contributed by atoms with E-state index in [9.17, 15) is 26.4 Å². The Morgan fingerprint density at radius 2 is 1.64 bits per heavy atom. The van der Waals surface area contributed by atoms with Crippen molar-refractivity contribution < 1.29 is 26.4 Å². The Bertz CT molecular complexity index is 986. The number of nitrogens with one attached hydrogen (secondary N) is 1. The van der Waals surface area contributed by atoms with Crippen LogP contribution < -0.4 is 5.32 Å². The van der Waals surface area contributed by atoms with E-state index in [-0.39, 0.29) is 21.2 Å². The number of rotatable bonds is 4. The maximum atomic E-state index is 12.7. The number of carbonyl (C=O) groups excluding carboxylic acids is 1. The molecule has 0 atom stereocenters. The van der Waals surface area contributed by atoms with E-state index < -0.39 is 27.7 Å². The largest absolute Gasteiger partial charge is 0.416 e. The van der Waals surface area contributed by atoms with Gasteiger partial charge in [0.25, 0.3) is 5.91 Å². The lowest BCUT2D eigenvalue weighted by atomic mass is 10.1. The highest BCUT2D eigenvalue weighted by Gasteiger charge is 2.31. The van der Waals surface area contributed by atoms with Crippen LogP contribution in [0.4, 0.5) is 18.9 Å². The summed E-state index contributed by atoms with van der Waals surface area (Å²) in [4.78, 5) is 12.2. The maximum absolute atomic E-state index is 12.7. The van der Waals surface area contributed by atoms with E-state index in [0.29, 0.717) is 13.1 Å². The van der Waals surface area contributed by atoms with Gasteiger partial charge in [-0.05, 0) is 55.3 Å². The average molecular weight is 433 g/mol. The minimum atomic E-state index is -4.50. The van der Waals surface area contributed by atoms with Gasteiger partial charge in [-0.15, -0.1) is 0 Å². The molecule has 0 bridgehead atoms. The topological polar surface area (TPSA) is 66.5 Å². The van der Waals surface area contributed by atoms with Gasteiger partial charge in [-0.2, -0.15) is 17.5 Å². The predicted octanol–water partition coefficient (Wildman–Crippen LogP) is 4.40. The number of anilines is 1. The molecule has 28 heavy (non-hydrogen) atoms. The number of halogens is 4. The molecule has 0 unspecified atom stereocenters. The van der Waals surface area contributed by atoms with Gasteiger partial charge in [0.15, 0.2) is 0 Å². The van der Waals surface area contributed by atoms with Crippen molar-refractivity contribution >= 4 is 33.2 Å². The first-order chi connectivity index (χ1) is 13.1. The Hall–Kier alpha value is -2.10. The Labute approximate surface area is 165 Å². The van der Waals surface area contributed by atoms with Crippen molar-refractivity contribution in [2.24, 2.45) is 0 Å². The van der Waals surface area contributed by atoms with Crippen LogP contribution in [0.5, 0.6) is 0 Å². The number of carbonyl (C=O) groups is 1. The fourth-order valence-electron chi connectivity index (χ4n) is 2.86. The van der Waals surface area contributed by atoms with Gasteiger partial charge < -0.3 is 5.32 Å². The first-order valence-electron chi connectivity index (χ1n) is 8.37. The van der Waals surface area contributed by atoms with E-state index >= 15 is 0 Å². The molecule has 1 aliphatic heterocycles. The molecule has 0 saturated carbocycles. The molecule has 2 aromatic rings. The molecular weight excluding hydrogens is 417 g/mol. The molecule has 1 heterocycles. The quantitative estimate of drug-likeness (QED) is 0.779. The molecule has 0 aromatic heterocycles. The van der Waals surface area contributed by atoms with E-state index in [2.05, 4.69) is 5.32 Å². The van der Waals surface area contributed by atoms with Crippen molar-refractivity contribution in [2.75, 3.05) is 18.4 Å². The molecule has 1 aliphatic rings. The Morgan fingerprint density at radius 3 is 2.21 bits per heavy atom. The number of amides is 1. The van der Waals surface area contributed by atoms with Crippen LogP contribution in [0.15, 0.2) is 47.4 Å². The standard InChI is InChI=1S/C18H16ClF3N2O3S/c19-15-8-7-14(11-16(15)28(26,27)24-9-1-2-10-24)23-17(25)12-3-5-13(6-4-12)18(20,21)22/h3-8,11H,1-2,9-10H2,(H,23,25). The van der Waals surface area contributed by atoms with Gasteiger partial charge in [-0.1, -0.05) is 11.6 Å². The fourth-order valence-corrected chi connectivity index (χ4v) is 4.88. The third-order valence-corrected chi connectivity index (χ3v) is 6.73. The summed E-state index contributed by atoms with van der Waals surface area (Å²) >= 11 is 6.05. The normalized spacial score (nSPS) is 15.6. The van der Waals surface area contributed by atoms with Gasteiger partial charge in [0.2, 0.25) is 10.0 Å². The van der Waals surface area contributed by atoms with Crippen LogP contribution in [0, 0.1) is 0 Å². The summed E-state index contributed by atoms with van der Waals surface area (Å²) in [5.41, 5.74) is -0.687. The molecule has 1 N–H and O–H groups in total. The Kier molecular flexibility index (Phi) is 5.69. The minimum absolute atomic E-state index is 0.00639. The SMILES string of the molecule is O=C(Nc1ccc(Cl)c(S(=O)(=O)N2CCCC2)c1)c1ccc(C(F)(F)F)cc1. The molecule has 0 spiro atoms. The molecule has 10 heteroatoms. The van der Waals surface area contributed by atoms with Crippen LogP contribution in [0.1, 0.15) is 28.8 Å². The van der Waals surface area contributed by atoms with Gasteiger partial charge in [-0.3, -0.25) is 4.79 Å². The highest BCUT2D eigenvalue weighted by Crippen LogP contribution is 2.31. The van der Waals surface area contributed by atoms with Crippen LogP contribution in [-0.4, -0.2) is 31.7 Å². The molecule has 1 fully saturated rings. The highest BCUT2D eigenvalue weighted by atomic mass is 35.5. The molecule has 0 aliphatic carbocycles. The number of sulfonamides is 1. The molecule has 150 valence electrons. The summed E-state index contributed by atoms with van der Waals surface area (Å²) in [6.07, 6.45) is -2.97. The number of alkyl halides is 3. The van der Waals surface area contributed by atoms with Crippen LogP contribution in [0.3, 0.4) is 0 Å². The minimum Gasteiger partial charge on any atom is -0.322 e.